The Morgan fingerprint density at radius 3 is 0.675 bits per heavy atom. The number of carbonyl (C=O) groups is 6. The van der Waals surface area contributed by atoms with Crippen LogP contribution in [0.25, 0.3) is 0 Å². The molecule has 0 saturated heterocycles. The average molecular weight is 595 g/mol. The number of rotatable bonds is 15. The summed E-state index contributed by atoms with van der Waals surface area (Å²) in [5.74, 6) is -0.697. The molecule has 0 spiro atoms. The van der Waals surface area contributed by atoms with Crippen LogP contribution in [0, 0.1) is 32.5 Å². The van der Waals surface area contributed by atoms with Crippen molar-refractivity contribution in [2.24, 2.45) is 32.5 Å². The first kappa shape index (κ1) is 38.9. The van der Waals surface area contributed by atoms with Crippen molar-refractivity contribution in [1.82, 2.24) is 0 Å². The molecule has 7 heteroatoms. The zero-order valence-corrected chi connectivity index (χ0v) is 30.1. The Morgan fingerprint density at radius 1 is 0.350 bits per heavy atom. The average Bonchev–Trinajstić information content (AvgIpc) is 2.70. The summed E-state index contributed by atoms with van der Waals surface area (Å²) < 4.78 is 1.68. The van der Waals surface area contributed by atoms with E-state index in [1.54, 1.807) is 62.3 Å². The predicted molar refractivity (Wildman–Crippen MR) is 158 cm³/mol. The maximum atomic E-state index is 13.4. The molecule has 0 aromatic carbocycles. The molecular formula is C33H57O6Sc. The van der Waals surface area contributed by atoms with Gasteiger partial charge in [0, 0.05) is 0 Å². The van der Waals surface area contributed by atoms with Gasteiger partial charge in [-0.15, -0.1) is 0 Å². The van der Waals surface area contributed by atoms with Crippen molar-refractivity contribution in [1.29, 1.82) is 0 Å². The van der Waals surface area contributed by atoms with Crippen molar-refractivity contribution < 1.29 is 50.2 Å². The van der Waals surface area contributed by atoms with Gasteiger partial charge in [-0.3, -0.25) is 0 Å². The summed E-state index contributed by atoms with van der Waals surface area (Å²) in [4.78, 5) is 78.0. The summed E-state index contributed by atoms with van der Waals surface area (Å²) in [6.45, 7) is 27.4. The molecule has 0 heterocycles. The Kier molecular flexibility index (Phi) is 13.1. The third-order valence-electron chi connectivity index (χ3n) is 8.13. The molecule has 228 valence electrons. The zero-order valence-electron chi connectivity index (χ0n) is 28.3. The van der Waals surface area contributed by atoms with Gasteiger partial charge in [0.05, 0.1) is 0 Å². The number of hydrogen-bond donors (Lipinski definition) is 0. The van der Waals surface area contributed by atoms with Crippen LogP contribution in [0.5, 0.6) is 0 Å². The van der Waals surface area contributed by atoms with E-state index < -0.39 is 53.9 Å². The second-order valence-electron chi connectivity index (χ2n) is 16.9. The van der Waals surface area contributed by atoms with Gasteiger partial charge < -0.3 is 0 Å². The van der Waals surface area contributed by atoms with Crippen LogP contribution in [0.2, 0.25) is 12.5 Å². The van der Waals surface area contributed by atoms with Gasteiger partial charge in [0.15, 0.2) is 0 Å². The van der Waals surface area contributed by atoms with Crippen molar-refractivity contribution in [3.63, 3.8) is 0 Å². The fourth-order valence-corrected chi connectivity index (χ4v) is 13.2. The van der Waals surface area contributed by atoms with Gasteiger partial charge in [0.1, 0.15) is 0 Å². The van der Waals surface area contributed by atoms with E-state index in [2.05, 4.69) is 0 Å². The van der Waals surface area contributed by atoms with Crippen molar-refractivity contribution in [2.45, 2.75) is 136 Å². The first-order chi connectivity index (χ1) is 17.4. The Morgan fingerprint density at radius 2 is 0.525 bits per heavy atom. The molecule has 0 aliphatic heterocycles. The third kappa shape index (κ3) is 12.4. The van der Waals surface area contributed by atoms with Crippen molar-refractivity contribution in [3.8, 4) is 0 Å². The van der Waals surface area contributed by atoms with Gasteiger partial charge in [-0.05, 0) is 0 Å². The van der Waals surface area contributed by atoms with Gasteiger partial charge >= 0.3 is 253 Å². The van der Waals surface area contributed by atoms with Crippen LogP contribution in [0.1, 0.15) is 123 Å². The third-order valence-corrected chi connectivity index (χ3v) is 15.6. The predicted octanol–water partition coefficient (Wildman–Crippen LogP) is 7.66. The quantitative estimate of drug-likeness (QED) is 0.180. The summed E-state index contributed by atoms with van der Waals surface area (Å²) in [6.07, 6.45) is -0.428. The molecule has 0 bridgehead atoms. The van der Waals surface area contributed by atoms with Crippen LogP contribution in [0.4, 0.5) is 0 Å². The Labute approximate surface area is 252 Å². The minimum atomic E-state index is -2.66. The van der Waals surface area contributed by atoms with E-state index in [9.17, 15) is 28.8 Å². The first-order valence-electron chi connectivity index (χ1n) is 14.6. The first-order valence-corrected chi connectivity index (χ1v) is 18.5. The molecule has 0 aliphatic carbocycles. The van der Waals surface area contributed by atoms with Crippen LogP contribution < -0.4 is 0 Å². The monoisotopic (exact) mass is 594 g/mol. The molecule has 0 radical (unpaired) electrons. The van der Waals surface area contributed by atoms with Crippen molar-refractivity contribution in [3.05, 3.63) is 0 Å². The number of Topliss-reactive ketones (excluding diaryl/α,β-unsaturated/α-hetero) is 6. The second kappa shape index (κ2) is 13.5. The van der Waals surface area contributed by atoms with Crippen LogP contribution in [-0.2, 0) is 50.2 Å². The summed E-state index contributed by atoms with van der Waals surface area (Å²) in [6, 6.07) is 0. The maximum absolute atomic E-state index is 13.4. The molecule has 0 atom stereocenters. The summed E-state index contributed by atoms with van der Waals surface area (Å²) in [5.41, 5.74) is -4.21. The number of ketones is 6. The van der Waals surface area contributed by atoms with Crippen LogP contribution >= 0.6 is 0 Å². The summed E-state index contributed by atoms with van der Waals surface area (Å²) in [5, 5.41) is 0. The fourth-order valence-electron chi connectivity index (χ4n) is 4.67. The van der Waals surface area contributed by atoms with Gasteiger partial charge in [-0.25, -0.2) is 0 Å². The van der Waals surface area contributed by atoms with E-state index in [1.807, 2.05) is 41.5 Å². The van der Waals surface area contributed by atoms with Crippen molar-refractivity contribution in [2.75, 3.05) is 0 Å². The molecule has 40 heavy (non-hydrogen) atoms. The zero-order chi connectivity index (χ0) is 32.3. The number of hydrogen-bond acceptors (Lipinski definition) is 6. The van der Waals surface area contributed by atoms with Gasteiger partial charge in [-0.2, -0.15) is 0 Å². The molecule has 0 saturated carbocycles. The van der Waals surface area contributed by atoms with E-state index in [0.29, 0.717) is 12.5 Å². The molecule has 0 fully saturated rings. The van der Waals surface area contributed by atoms with E-state index in [1.165, 1.54) is 0 Å². The Hall–Kier alpha value is -1.11. The van der Waals surface area contributed by atoms with Gasteiger partial charge in [0.2, 0.25) is 0 Å². The Bertz CT molecular complexity index is 865. The normalized spacial score (nSPS) is 13.6. The molecule has 0 aromatic heterocycles. The molecule has 0 amide bonds. The molecule has 0 unspecified atom stereocenters. The van der Waals surface area contributed by atoms with Crippen LogP contribution in [0.15, 0.2) is 0 Å². The van der Waals surface area contributed by atoms with Gasteiger partial charge in [0.25, 0.3) is 0 Å². The molecule has 0 rings (SSSR count). The SMILES string of the molecule is CC(C)(C)C(=O)CC(=O)C(C)(C)[CH2][Sc]([CH2]C(C)(C)C(=O)CC(=O)C(C)(C)C)[CH2]C(C)(C)C(=O)CC(=O)C(C)(C)C. The topological polar surface area (TPSA) is 102 Å². The molecule has 0 N–H and O–H groups in total. The van der Waals surface area contributed by atoms with E-state index >= 15 is 0 Å². The second-order valence-corrected chi connectivity index (χ2v) is 21.6. The standard InChI is InChI=1S/3C11H19O2.Sc/c3*1-10(2,3)8(12)7-9(13)11(4,5)6;/h3*1,7H2,2-6H3;. The number of carbonyl (C=O) groups excluding carboxylic acids is 6. The van der Waals surface area contributed by atoms with E-state index in [-0.39, 0.29) is 54.0 Å². The molecule has 6 nitrogen and oxygen atoms in total. The Balaban J connectivity index is 6.21. The molecule has 0 aromatic rings. The van der Waals surface area contributed by atoms with E-state index in [4.69, 9.17) is 0 Å². The summed E-state index contributed by atoms with van der Waals surface area (Å²) >= 11 is -2.66. The summed E-state index contributed by atoms with van der Waals surface area (Å²) in [7, 11) is 0. The van der Waals surface area contributed by atoms with Crippen LogP contribution in [-0.4, -0.2) is 34.7 Å². The molecular weight excluding hydrogens is 537 g/mol. The van der Waals surface area contributed by atoms with Crippen LogP contribution in [0.3, 0.4) is 0 Å². The fraction of sp³-hybridized carbons (Fsp3) is 0.818. The van der Waals surface area contributed by atoms with E-state index in [0.717, 1.165) is 0 Å². The van der Waals surface area contributed by atoms with Gasteiger partial charge in [-0.1, -0.05) is 0 Å². The van der Waals surface area contributed by atoms with Crippen molar-refractivity contribution >= 4 is 34.7 Å². The molecule has 0 aliphatic rings. The minimum absolute atomic E-state index is 0.109.